The molecule has 20 heavy (non-hydrogen) atoms. The molecule has 2 rings (SSSR count). The van der Waals surface area contributed by atoms with E-state index in [1.165, 1.54) is 0 Å². The lowest BCUT2D eigenvalue weighted by Gasteiger charge is -2.34. The van der Waals surface area contributed by atoms with Crippen LogP contribution in [0.25, 0.3) is 0 Å². The average molecular weight is 282 g/mol. The van der Waals surface area contributed by atoms with Crippen LogP contribution in [-0.2, 0) is 14.4 Å². The van der Waals surface area contributed by atoms with Crippen molar-refractivity contribution in [2.45, 2.75) is 44.9 Å². The Morgan fingerprint density at radius 2 is 2.00 bits per heavy atom. The van der Waals surface area contributed by atoms with Gasteiger partial charge < -0.3 is 15.7 Å². The van der Waals surface area contributed by atoms with Crippen molar-refractivity contribution in [3.63, 3.8) is 0 Å². The van der Waals surface area contributed by atoms with Gasteiger partial charge in [-0.25, -0.2) is 0 Å². The molecule has 2 fully saturated rings. The van der Waals surface area contributed by atoms with Crippen molar-refractivity contribution in [2.24, 2.45) is 11.3 Å². The highest BCUT2D eigenvalue weighted by atomic mass is 16.4. The van der Waals surface area contributed by atoms with Crippen LogP contribution in [0.5, 0.6) is 0 Å². The van der Waals surface area contributed by atoms with Gasteiger partial charge in [-0.2, -0.15) is 0 Å². The third-order valence-corrected chi connectivity index (χ3v) is 4.50. The zero-order valence-corrected chi connectivity index (χ0v) is 11.6. The minimum atomic E-state index is -0.811. The van der Waals surface area contributed by atoms with Crippen LogP contribution in [0.3, 0.4) is 0 Å². The topological polar surface area (TPSA) is 95.5 Å². The zero-order valence-electron chi connectivity index (χ0n) is 11.6. The number of carbonyl (C=O) groups excluding carboxylic acids is 2. The van der Waals surface area contributed by atoms with Crippen molar-refractivity contribution in [3.8, 4) is 0 Å². The Morgan fingerprint density at radius 1 is 1.30 bits per heavy atom. The first kappa shape index (κ1) is 14.8. The van der Waals surface area contributed by atoms with Crippen molar-refractivity contribution in [1.82, 2.24) is 10.6 Å². The van der Waals surface area contributed by atoms with Crippen molar-refractivity contribution < 1.29 is 19.5 Å². The Kier molecular flexibility index (Phi) is 4.62. The SMILES string of the molecule is O=C1CCC(C(=O)NCC2(C(=O)O)CCCCC2)CN1. The van der Waals surface area contributed by atoms with E-state index >= 15 is 0 Å². The van der Waals surface area contributed by atoms with Crippen LogP contribution in [0, 0.1) is 11.3 Å². The van der Waals surface area contributed by atoms with Crippen LogP contribution in [0.4, 0.5) is 0 Å². The van der Waals surface area contributed by atoms with Gasteiger partial charge in [-0.3, -0.25) is 14.4 Å². The summed E-state index contributed by atoms with van der Waals surface area (Å²) in [5.41, 5.74) is -0.800. The van der Waals surface area contributed by atoms with Crippen LogP contribution < -0.4 is 10.6 Å². The monoisotopic (exact) mass is 282 g/mol. The Morgan fingerprint density at radius 3 is 2.55 bits per heavy atom. The molecule has 112 valence electrons. The third kappa shape index (κ3) is 3.29. The molecular weight excluding hydrogens is 260 g/mol. The molecule has 1 atom stereocenters. The van der Waals surface area contributed by atoms with Crippen LogP contribution in [0.15, 0.2) is 0 Å². The Labute approximate surface area is 118 Å². The quantitative estimate of drug-likeness (QED) is 0.706. The molecule has 6 nitrogen and oxygen atoms in total. The van der Waals surface area contributed by atoms with Gasteiger partial charge in [-0.1, -0.05) is 19.3 Å². The number of hydrogen-bond donors (Lipinski definition) is 3. The zero-order chi connectivity index (χ0) is 14.6. The summed E-state index contributed by atoms with van der Waals surface area (Å²) >= 11 is 0. The first-order chi connectivity index (χ1) is 9.53. The Balaban J connectivity index is 1.87. The summed E-state index contributed by atoms with van der Waals surface area (Å²) in [5, 5.41) is 14.9. The fraction of sp³-hybridized carbons (Fsp3) is 0.786. The molecule has 1 aliphatic heterocycles. The second kappa shape index (κ2) is 6.24. The largest absolute Gasteiger partial charge is 0.481 e. The molecule has 0 spiro atoms. The molecule has 0 aromatic heterocycles. The van der Waals surface area contributed by atoms with Crippen molar-refractivity contribution in [3.05, 3.63) is 0 Å². The van der Waals surface area contributed by atoms with Gasteiger partial charge in [0.1, 0.15) is 0 Å². The fourth-order valence-corrected chi connectivity index (χ4v) is 3.05. The first-order valence-corrected chi connectivity index (χ1v) is 7.31. The number of carboxylic acids is 1. The number of aliphatic carboxylic acids is 1. The molecule has 0 aromatic carbocycles. The number of carboxylic acid groups (broad SMARTS) is 1. The van der Waals surface area contributed by atoms with Crippen LogP contribution in [0.2, 0.25) is 0 Å². The minimum Gasteiger partial charge on any atom is -0.481 e. The maximum Gasteiger partial charge on any atom is 0.311 e. The Hall–Kier alpha value is -1.59. The molecule has 0 radical (unpaired) electrons. The number of nitrogens with one attached hydrogen (secondary N) is 2. The van der Waals surface area contributed by atoms with Crippen LogP contribution in [0.1, 0.15) is 44.9 Å². The number of hydrogen-bond acceptors (Lipinski definition) is 3. The van der Waals surface area contributed by atoms with E-state index in [1.807, 2.05) is 0 Å². The lowest BCUT2D eigenvalue weighted by molar-refractivity contribution is -0.151. The minimum absolute atomic E-state index is 0.0247. The summed E-state index contributed by atoms with van der Waals surface area (Å²) in [7, 11) is 0. The second-order valence-corrected chi connectivity index (χ2v) is 5.90. The Bertz CT molecular complexity index is 392. The summed E-state index contributed by atoms with van der Waals surface area (Å²) in [6.45, 7) is 0.552. The summed E-state index contributed by atoms with van der Waals surface area (Å²) in [4.78, 5) is 34.6. The molecule has 2 amide bonds. The van der Waals surface area contributed by atoms with E-state index in [0.29, 0.717) is 32.2 Å². The van der Waals surface area contributed by atoms with Crippen molar-refractivity contribution >= 4 is 17.8 Å². The molecule has 1 saturated heterocycles. The number of carbonyl (C=O) groups is 3. The van der Waals surface area contributed by atoms with Crippen LogP contribution >= 0.6 is 0 Å². The lowest BCUT2D eigenvalue weighted by Crippen LogP contribution is -2.48. The maximum atomic E-state index is 12.1. The molecular formula is C14H22N2O4. The second-order valence-electron chi connectivity index (χ2n) is 5.90. The molecule has 0 bridgehead atoms. The molecule has 6 heteroatoms. The van der Waals surface area contributed by atoms with E-state index in [0.717, 1.165) is 19.3 Å². The molecule has 1 unspecified atom stereocenters. The van der Waals surface area contributed by atoms with E-state index in [1.54, 1.807) is 0 Å². The standard InChI is InChI=1S/C14H22N2O4/c17-11-5-4-10(8-15-11)12(18)16-9-14(13(19)20)6-2-1-3-7-14/h10H,1-9H2,(H,15,17)(H,16,18)(H,19,20). The molecule has 0 aromatic rings. The molecule has 1 heterocycles. The van der Waals surface area contributed by atoms with Gasteiger partial charge in [0.25, 0.3) is 0 Å². The number of rotatable bonds is 4. The highest BCUT2D eigenvalue weighted by molar-refractivity contribution is 5.84. The molecule has 2 aliphatic rings. The molecule has 3 N–H and O–H groups in total. The van der Waals surface area contributed by atoms with E-state index in [-0.39, 0.29) is 24.3 Å². The van der Waals surface area contributed by atoms with E-state index < -0.39 is 11.4 Å². The molecule has 1 aliphatic carbocycles. The summed E-state index contributed by atoms with van der Waals surface area (Å²) in [6.07, 6.45) is 5.04. The summed E-state index contributed by atoms with van der Waals surface area (Å²) in [6, 6.07) is 0. The number of amides is 2. The predicted molar refractivity (Wildman–Crippen MR) is 71.9 cm³/mol. The van der Waals surface area contributed by atoms with Gasteiger partial charge in [0.05, 0.1) is 11.3 Å². The van der Waals surface area contributed by atoms with E-state index in [2.05, 4.69) is 10.6 Å². The summed E-state index contributed by atoms with van der Waals surface area (Å²) < 4.78 is 0. The average Bonchev–Trinajstić information content (AvgIpc) is 2.46. The molecule has 1 saturated carbocycles. The number of piperidine rings is 1. The first-order valence-electron chi connectivity index (χ1n) is 7.31. The van der Waals surface area contributed by atoms with Crippen molar-refractivity contribution in [2.75, 3.05) is 13.1 Å². The van der Waals surface area contributed by atoms with Gasteiger partial charge in [0, 0.05) is 19.5 Å². The maximum absolute atomic E-state index is 12.1. The van der Waals surface area contributed by atoms with Gasteiger partial charge >= 0.3 is 5.97 Å². The van der Waals surface area contributed by atoms with Gasteiger partial charge in [-0.15, -0.1) is 0 Å². The fourth-order valence-electron chi connectivity index (χ4n) is 3.05. The highest BCUT2D eigenvalue weighted by Gasteiger charge is 2.40. The van der Waals surface area contributed by atoms with Crippen LogP contribution in [-0.4, -0.2) is 36.0 Å². The van der Waals surface area contributed by atoms with Gasteiger partial charge in [0.2, 0.25) is 11.8 Å². The smallest absolute Gasteiger partial charge is 0.311 e. The van der Waals surface area contributed by atoms with Gasteiger partial charge in [0.15, 0.2) is 0 Å². The highest BCUT2D eigenvalue weighted by Crippen LogP contribution is 2.36. The predicted octanol–water partition coefficient (Wildman–Crippen LogP) is 0.664. The van der Waals surface area contributed by atoms with Crippen molar-refractivity contribution in [1.29, 1.82) is 0 Å². The van der Waals surface area contributed by atoms with Gasteiger partial charge in [-0.05, 0) is 19.3 Å². The summed E-state index contributed by atoms with van der Waals surface area (Å²) in [5.74, 6) is -1.21. The van der Waals surface area contributed by atoms with E-state index in [4.69, 9.17) is 0 Å². The lowest BCUT2D eigenvalue weighted by atomic mass is 9.74. The normalized spacial score (nSPS) is 25.6. The third-order valence-electron chi connectivity index (χ3n) is 4.50. The van der Waals surface area contributed by atoms with E-state index in [9.17, 15) is 19.5 Å².